The maximum absolute atomic E-state index is 12.8. The molecule has 0 bridgehead atoms. The van der Waals surface area contributed by atoms with Gasteiger partial charge in [0, 0.05) is 18.2 Å². The Morgan fingerprint density at radius 1 is 1.20 bits per heavy atom. The minimum atomic E-state index is 0.211. The van der Waals surface area contributed by atoms with Crippen LogP contribution in [0.5, 0.6) is 0 Å². The Morgan fingerprint density at radius 3 is 2.45 bits per heavy atom. The number of amides is 1. The molecule has 3 nitrogen and oxygen atoms in total. The van der Waals surface area contributed by atoms with Gasteiger partial charge >= 0.3 is 0 Å². The van der Waals surface area contributed by atoms with Crippen LogP contribution in [0.15, 0.2) is 24.3 Å². The highest BCUT2D eigenvalue weighted by Gasteiger charge is 2.26. The topological polar surface area (TPSA) is 46.3 Å². The first-order chi connectivity index (χ1) is 9.72. The second kappa shape index (κ2) is 7.44. The van der Waals surface area contributed by atoms with Crippen molar-refractivity contribution < 1.29 is 4.79 Å². The Balaban J connectivity index is 2.13. The number of benzene rings is 1. The minimum absolute atomic E-state index is 0.211. The van der Waals surface area contributed by atoms with E-state index in [2.05, 4.69) is 19.1 Å². The predicted octanol–water partition coefficient (Wildman–Crippen LogP) is 3.26. The molecule has 1 aromatic rings. The summed E-state index contributed by atoms with van der Waals surface area (Å²) in [6.45, 7) is 3.42. The highest BCUT2D eigenvalue weighted by atomic mass is 16.2. The molecule has 0 aromatic heterocycles. The number of carbonyl (C=O) groups excluding carboxylic acids is 1. The van der Waals surface area contributed by atoms with E-state index in [4.69, 9.17) is 5.73 Å². The number of hydrogen-bond donors (Lipinski definition) is 1. The van der Waals surface area contributed by atoms with E-state index >= 15 is 0 Å². The van der Waals surface area contributed by atoms with Gasteiger partial charge in [0.05, 0.1) is 0 Å². The molecule has 1 saturated carbocycles. The molecule has 3 heteroatoms. The largest absolute Gasteiger partial charge is 0.330 e. The summed E-state index contributed by atoms with van der Waals surface area (Å²) in [7, 11) is 0. The molecule has 1 aromatic carbocycles. The van der Waals surface area contributed by atoms with Crippen LogP contribution >= 0.6 is 0 Å². The lowest BCUT2D eigenvalue weighted by molar-refractivity contribution is -0.123. The van der Waals surface area contributed by atoms with Gasteiger partial charge in [-0.25, -0.2) is 0 Å². The molecular weight excluding hydrogens is 248 g/mol. The lowest BCUT2D eigenvalue weighted by Crippen LogP contribution is -2.38. The standard InChI is InChI=1S/C17H26N2O/c1-14-8-10-16(11-9-14)19(13-5-12-18)17(20)15-6-3-2-4-7-15/h8-11,15H,2-7,12-13,18H2,1H3. The third kappa shape index (κ3) is 3.83. The van der Waals surface area contributed by atoms with Gasteiger partial charge in [0.2, 0.25) is 5.91 Å². The first-order valence-corrected chi connectivity index (χ1v) is 7.80. The van der Waals surface area contributed by atoms with Crippen molar-refractivity contribution in [3.8, 4) is 0 Å². The van der Waals surface area contributed by atoms with Gasteiger partial charge in [-0.1, -0.05) is 37.0 Å². The van der Waals surface area contributed by atoms with Crippen molar-refractivity contribution in [3.05, 3.63) is 29.8 Å². The molecule has 1 aliphatic rings. The van der Waals surface area contributed by atoms with Crippen LogP contribution in [0.1, 0.15) is 44.1 Å². The number of nitrogens with zero attached hydrogens (tertiary/aromatic N) is 1. The average molecular weight is 274 g/mol. The van der Waals surface area contributed by atoms with E-state index in [1.807, 2.05) is 17.0 Å². The maximum atomic E-state index is 12.8. The molecule has 2 rings (SSSR count). The molecule has 0 saturated heterocycles. The highest BCUT2D eigenvalue weighted by Crippen LogP contribution is 2.27. The molecule has 1 aliphatic carbocycles. The summed E-state index contributed by atoms with van der Waals surface area (Å²) in [6.07, 6.45) is 6.60. The second-order valence-electron chi connectivity index (χ2n) is 5.80. The molecule has 0 spiro atoms. The third-order valence-electron chi connectivity index (χ3n) is 4.15. The van der Waals surface area contributed by atoms with Crippen LogP contribution in [0.3, 0.4) is 0 Å². The van der Waals surface area contributed by atoms with Crippen LogP contribution in [0.2, 0.25) is 0 Å². The molecule has 0 aliphatic heterocycles. The van der Waals surface area contributed by atoms with Crippen LogP contribution in [-0.2, 0) is 4.79 Å². The van der Waals surface area contributed by atoms with Gasteiger partial charge in [-0.2, -0.15) is 0 Å². The number of hydrogen-bond acceptors (Lipinski definition) is 2. The Morgan fingerprint density at radius 2 is 1.85 bits per heavy atom. The molecule has 0 atom stereocenters. The fourth-order valence-corrected chi connectivity index (χ4v) is 2.91. The van der Waals surface area contributed by atoms with Gasteiger partial charge in [-0.15, -0.1) is 0 Å². The number of aryl methyl sites for hydroxylation is 1. The monoisotopic (exact) mass is 274 g/mol. The lowest BCUT2D eigenvalue weighted by Gasteiger charge is -2.29. The minimum Gasteiger partial charge on any atom is -0.330 e. The van der Waals surface area contributed by atoms with Crippen molar-refractivity contribution in [1.29, 1.82) is 0 Å². The van der Waals surface area contributed by atoms with Crippen LogP contribution in [0.4, 0.5) is 5.69 Å². The molecule has 110 valence electrons. The van der Waals surface area contributed by atoms with E-state index in [0.717, 1.165) is 31.5 Å². The SMILES string of the molecule is Cc1ccc(N(CCCN)C(=O)C2CCCCC2)cc1. The summed E-state index contributed by atoms with van der Waals surface area (Å²) in [4.78, 5) is 14.7. The molecule has 0 radical (unpaired) electrons. The molecule has 0 heterocycles. The summed E-state index contributed by atoms with van der Waals surface area (Å²) >= 11 is 0. The van der Waals surface area contributed by atoms with Gasteiger partial charge in [0.1, 0.15) is 0 Å². The van der Waals surface area contributed by atoms with E-state index in [1.54, 1.807) is 0 Å². The first-order valence-electron chi connectivity index (χ1n) is 7.80. The van der Waals surface area contributed by atoms with Crippen molar-refractivity contribution >= 4 is 11.6 Å². The predicted molar refractivity (Wildman–Crippen MR) is 83.8 cm³/mol. The van der Waals surface area contributed by atoms with Crippen LogP contribution < -0.4 is 10.6 Å². The van der Waals surface area contributed by atoms with E-state index in [1.165, 1.54) is 24.8 Å². The number of anilines is 1. The second-order valence-corrected chi connectivity index (χ2v) is 5.80. The molecule has 20 heavy (non-hydrogen) atoms. The third-order valence-corrected chi connectivity index (χ3v) is 4.15. The number of nitrogens with two attached hydrogens (primary N) is 1. The molecule has 2 N–H and O–H groups in total. The summed E-state index contributed by atoms with van der Waals surface area (Å²) in [5, 5.41) is 0. The lowest BCUT2D eigenvalue weighted by atomic mass is 9.88. The smallest absolute Gasteiger partial charge is 0.230 e. The quantitative estimate of drug-likeness (QED) is 0.896. The zero-order chi connectivity index (χ0) is 14.4. The average Bonchev–Trinajstić information content (AvgIpc) is 2.50. The number of carbonyl (C=O) groups is 1. The molecule has 1 amide bonds. The normalized spacial score (nSPS) is 16.1. The van der Waals surface area contributed by atoms with Crippen molar-refractivity contribution in [2.45, 2.75) is 45.4 Å². The van der Waals surface area contributed by atoms with E-state index in [-0.39, 0.29) is 5.92 Å². The first kappa shape index (κ1) is 15.0. The van der Waals surface area contributed by atoms with Crippen molar-refractivity contribution in [2.75, 3.05) is 18.0 Å². The number of rotatable bonds is 5. The van der Waals surface area contributed by atoms with E-state index in [0.29, 0.717) is 12.5 Å². The fourth-order valence-electron chi connectivity index (χ4n) is 2.91. The fraction of sp³-hybridized carbons (Fsp3) is 0.588. The van der Waals surface area contributed by atoms with Gasteiger partial charge in [-0.05, 0) is 44.9 Å². The molecular formula is C17H26N2O. The van der Waals surface area contributed by atoms with Crippen molar-refractivity contribution in [2.24, 2.45) is 11.7 Å². The van der Waals surface area contributed by atoms with E-state index in [9.17, 15) is 4.79 Å². The van der Waals surface area contributed by atoms with Gasteiger partial charge in [-0.3, -0.25) is 4.79 Å². The van der Waals surface area contributed by atoms with Gasteiger partial charge in [0.25, 0.3) is 0 Å². The Kier molecular flexibility index (Phi) is 5.60. The Hall–Kier alpha value is -1.35. The summed E-state index contributed by atoms with van der Waals surface area (Å²) in [5.41, 5.74) is 7.85. The molecule has 0 unspecified atom stereocenters. The van der Waals surface area contributed by atoms with E-state index < -0.39 is 0 Å². The van der Waals surface area contributed by atoms with Crippen LogP contribution in [0.25, 0.3) is 0 Å². The van der Waals surface area contributed by atoms with Crippen molar-refractivity contribution in [1.82, 2.24) is 0 Å². The zero-order valence-electron chi connectivity index (χ0n) is 12.5. The van der Waals surface area contributed by atoms with Gasteiger partial charge in [0.15, 0.2) is 0 Å². The summed E-state index contributed by atoms with van der Waals surface area (Å²) in [5.74, 6) is 0.504. The summed E-state index contributed by atoms with van der Waals surface area (Å²) in [6, 6.07) is 8.23. The van der Waals surface area contributed by atoms with Crippen LogP contribution in [-0.4, -0.2) is 19.0 Å². The maximum Gasteiger partial charge on any atom is 0.230 e. The molecule has 1 fully saturated rings. The van der Waals surface area contributed by atoms with Crippen LogP contribution in [0, 0.1) is 12.8 Å². The highest BCUT2D eigenvalue weighted by molar-refractivity contribution is 5.95. The van der Waals surface area contributed by atoms with Crippen molar-refractivity contribution in [3.63, 3.8) is 0 Å². The summed E-state index contributed by atoms with van der Waals surface area (Å²) < 4.78 is 0. The zero-order valence-corrected chi connectivity index (χ0v) is 12.5. The Bertz CT molecular complexity index is 421. The Labute approximate surface area is 122 Å². The van der Waals surface area contributed by atoms with Gasteiger partial charge < -0.3 is 10.6 Å².